The molecule has 8 heteroatoms. The van der Waals surface area contributed by atoms with E-state index in [2.05, 4.69) is 32.4 Å². The van der Waals surface area contributed by atoms with Gasteiger partial charge in [0.05, 0.1) is 5.56 Å². The van der Waals surface area contributed by atoms with Gasteiger partial charge in [0, 0.05) is 17.3 Å². The molecule has 0 aliphatic rings. The van der Waals surface area contributed by atoms with Crippen LogP contribution in [0.2, 0.25) is 0 Å². The van der Waals surface area contributed by atoms with Crippen molar-refractivity contribution in [3.05, 3.63) is 54.2 Å². The summed E-state index contributed by atoms with van der Waals surface area (Å²) in [5, 5.41) is 14.7. The zero-order valence-corrected chi connectivity index (χ0v) is 14.7. The topological polar surface area (TPSA) is 68.5 Å². The third kappa shape index (κ3) is 3.30. The highest BCUT2D eigenvalue weighted by Gasteiger charge is 2.22. The van der Waals surface area contributed by atoms with Crippen molar-refractivity contribution in [2.75, 3.05) is 5.32 Å². The monoisotopic (exact) mass is 356 g/mol. The number of aromatic nitrogens is 5. The number of hydrogen-bond acceptors (Lipinski definition) is 5. The second-order valence-corrected chi connectivity index (χ2v) is 6.69. The number of tetrazole rings is 1. The quantitative estimate of drug-likeness (QED) is 0.769. The average molecular weight is 356 g/mol. The average Bonchev–Trinajstić information content (AvgIpc) is 3.05. The zero-order chi connectivity index (χ0) is 18.9. The highest BCUT2D eigenvalue weighted by molar-refractivity contribution is 5.71. The Hall–Kier alpha value is -3.16. The van der Waals surface area contributed by atoms with Gasteiger partial charge in [0.2, 0.25) is 0 Å². The summed E-state index contributed by atoms with van der Waals surface area (Å²) < 4.78 is 29.8. The van der Waals surface area contributed by atoms with Crippen LogP contribution in [0.25, 0.3) is 23.2 Å². The number of halogens is 2. The summed E-state index contributed by atoms with van der Waals surface area (Å²) >= 11 is 0. The minimum Gasteiger partial charge on any atom is -0.365 e. The van der Waals surface area contributed by atoms with Crippen LogP contribution in [0.1, 0.15) is 26.3 Å². The Kier molecular flexibility index (Phi) is 4.50. The maximum Gasteiger partial charge on any atom is 0.190 e. The van der Waals surface area contributed by atoms with Gasteiger partial charge in [0.1, 0.15) is 11.5 Å². The van der Waals surface area contributed by atoms with E-state index in [1.54, 1.807) is 18.3 Å². The normalized spacial score (nSPS) is 11.4. The molecule has 0 spiro atoms. The Labute approximate surface area is 149 Å². The number of nitrogens with one attached hydrogen (secondary N) is 1. The lowest BCUT2D eigenvalue weighted by atomic mass is 10.1. The summed E-state index contributed by atoms with van der Waals surface area (Å²) in [6.07, 6.45) is 2.88. The van der Waals surface area contributed by atoms with E-state index >= 15 is 0 Å². The summed E-state index contributed by atoms with van der Waals surface area (Å²) in [5.41, 5.74) is 0.278. The van der Waals surface area contributed by atoms with E-state index in [-0.39, 0.29) is 22.6 Å². The van der Waals surface area contributed by atoms with Crippen LogP contribution in [0.4, 0.5) is 14.6 Å². The number of rotatable bonds is 4. The van der Waals surface area contributed by atoms with Gasteiger partial charge in [-0.25, -0.2) is 13.8 Å². The molecule has 1 N–H and O–H groups in total. The van der Waals surface area contributed by atoms with E-state index < -0.39 is 11.6 Å². The molecule has 0 bridgehead atoms. The van der Waals surface area contributed by atoms with Crippen LogP contribution in [-0.4, -0.2) is 30.7 Å². The number of benzene rings is 1. The van der Waals surface area contributed by atoms with Gasteiger partial charge in [-0.15, -0.1) is 5.10 Å². The second-order valence-electron chi connectivity index (χ2n) is 6.69. The third-order valence-electron chi connectivity index (χ3n) is 3.55. The highest BCUT2D eigenvalue weighted by Crippen LogP contribution is 2.29. The van der Waals surface area contributed by atoms with E-state index in [1.165, 1.54) is 18.2 Å². The first-order valence-electron chi connectivity index (χ1n) is 7.94. The molecule has 2 aromatic heterocycles. The predicted octanol–water partition coefficient (Wildman–Crippen LogP) is 3.86. The molecule has 2 heterocycles. The van der Waals surface area contributed by atoms with E-state index in [1.807, 2.05) is 20.8 Å². The molecular weight excluding hydrogens is 338 g/mol. The van der Waals surface area contributed by atoms with Crippen LogP contribution < -0.4 is 5.32 Å². The fourth-order valence-electron chi connectivity index (χ4n) is 2.43. The van der Waals surface area contributed by atoms with Crippen molar-refractivity contribution in [3.63, 3.8) is 0 Å². The van der Waals surface area contributed by atoms with Gasteiger partial charge in [0.25, 0.3) is 0 Å². The van der Waals surface area contributed by atoms with Crippen LogP contribution in [-0.2, 0) is 0 Å². The Balaban J connectivity index is 2.15. The summed E-state index contributed by atoms with van der Waals surface area (Å²) in [6, 6.07) is 6.31. The van der Waals surface area contributed by atoms with Gasteiger partial charge >= 0.3 is 0 Å². The molecule has 3 rings (SSSR count). The Morgan fingerprint density at radius 3 is 2.62 bits per heavy atom. The largest absolute Gasteiger partial charge is 0.365 e. The molecule has 0 aliphatic carbocycles. The van der Waals surface area contributed by atoms with Crippen molar-refractivity contribution in [2.24, 2.45) is 0 Å². The van der Waals surface area contributed by atoms with Gasteiger partial charge in [0.15, 0.2) is 17.5 Å². The van der Waals surface area contributed by atoms with Crippen molar-refractivity contribution >= 4 is 11.9 Å². The molecule has 3 aromatic rings. The first-order valence-corrected chi connectivity index (χ1v) is 7.94. The standard InChI is InChI=1S/C18H18F2N6/c1-5-11-8-9-13(15(20)14(11)19)26-17(23-24-25-26)12-7-6-10-21-16(12)22-18(2,3)4/h5-10H,1H2,2-4H3,(H,21,22). The Morgan fingerprint density at radius 1 is 1.15 bits per heavy atom. The summed E-state index contributed by atoms with van der Waals surface area (Å²) in [7, 11) is 0. The number of nitrogens with zero attached hydrogens (tertiary/aromatic N) is 5. The van der Waals surface area contributed by atoms with E-state index in [4.69, 9.17) is 0 Å². The van der Waals surface area contributed by atoms with Crippen LogP contribution in [0.3, 0.4) is 0 Å². The second kappa shape index (κ2) is 6.62. The first kappa shape index (κ1) is 17.7. The first-order chi connectivity index (χ1) is 12.3. The fraction of sp³-hybridized carbons (Fsp3) is 0.222. The van der Waals surface area contributed by atoms with Crippen LogP contribution in [0.5, 0.6) is 0 Å². The van der Waals surface area contributed by atoms with Gasteiger partial charge in [-0.05, 0) is 55.5 Å². The van der Waals surface area contributed by atoms with Crippen molar-refractivity contribution in [3.8, 4) is 17.1 Å². The highest BCUT2D eigenvalue weighted by atomic mass is 19.2. The van der Waals surface area contributed by atoms with Gasteiger partial charge < -0.3 is 5.32 Å². The lowest BCUT2D eigenvalue weighted by Gasteiger charge is -2.22. The Bertz CT molecular complexity index is 959. The van der Waals surface area contributed by atoms with Crippen molar-refractivity contribution in [1.82, 2.24) is 25.2 Å². The minimum atomic E-state index is -1.05. The molecule has 0 aliphatic heterocycles. The zero-order valence-electron chi connectivity index (χ0n) is 14.7. The van der Waals surface area contributed by atoms with Crippen LogP contribution >= 0.6 is 0 Å². The van der Waals surface area contributed by atoms with Crippen molar-refractivity contribution in [1.29, 1.82) is 0 Å². The SMILES string of the molecule is C=Cc1ccc(-n2nnnc2-c2cccnc2NC(C)(C)C)c(F)c1F. The maximum absolute atomic E-state index is 14.5. The molecular formula is C18H18F2N6. The third-order valence-corrected chi connectivity index (χ3v) is 3.55. The molecule has 134 valence electrons. The molecule has 0 atom stereocenters. The molecule has 6 nitrogen and oxygen atoms in total. The van der Waals surface area contributed by atoms with Crippen molar-refractivity contribution in [2.45, 2.75) is 26.3 Å². The van der Waals surface area contributed by atoms with Crippen molar-refractivity contribution < 1.29 is 8.78 Å². The van der Waals surface area contributed by atoms with Gasteiger partial charge in [-0.1, -0.05) is 12.7 Å². The van der Waals surface area contributed by atoms with Gasteiger partial charge in [-0.2, -0.15) is 4.68 Å². The number of hydrogen-bond donors (Lipinski definition) is 1. The summed E-state index contributed by atoms with van der Waals surface area (Å²) in [4.78, 5) is 4.32. The molecule has 26 heavy (non-hydrogen) atoms. The van der Waals surface area contributed by atoms with Crippen LogP contribution in [0.15, 0.2) is 37.0 Å². The molecule has 1 aromatic carbocycles. The summed E-state index contributed by atoms with van der Waals surface area (Å²) in [5.74, 6) is -1.27. The maximum atomic E-state index is 14.5. The van der Waals surface area contributed by atoms with Gasteiger partial charge in [-0.3, -0.25) is 0 Å². The molecule has 0 unspecified atom stereocenters. The summed E-state index contributed by atoms with van der Waals surface area (Å²) in [6.45, 7) is 9.42. The van der Waals surface area contributed by atoms with E-state index in [0.717, 1.165) is 4.68 Å². The lowest BCUT2D eigenvalue weighted by molar-refractivity contribution is 0.499. The minimum absolute atomic E-state index is 0.0670. The predicted molar refractivity (Wildman–Crippen MR) is 95.8 cm³/mol. The van der Waals surface area contributed by atoms with Crippen LogP contribution in [0, 0.1) is 11.6 Å². The molecule has 0 saturated heterocycles. The lowest BCUT2D eigenvalue weighted by Crippen LogP contribution is -2.27. The van der Waals surface area contributed by atoms with E-state index in [9.17, 15) is 8.78 Å². The molecule has 0 radical (unpaired) electrons. The van der Waals surface area contributed by atoms with E-state index in [0.29, 0.717) is 11.4 Å². The number of anilines is 1. The molecule has 0 fully saturated rings. The molecule has 0 amide bonds. The molecule has 0 saturated carbocycles. The Morgan fingerprint density at radius 2 is 1.92 bits per heavy atom. The smallest absolute Gasteiger partial charge is 0.190 e. The fourth-order valence-corrected chi connectivity index (χ4v) is 2.43. The number of pyridine rings is 1.